The predicted molar refractivity (Wildman–Crippen MR) is 140 cm³/mol. The van der Waals surface area contributed by atoms with Gasteiger partial charge in [-0.25, -0.2) is 8.42 Å². The summed E-state index contributed by atoms with van der Waals surface area (Å²) in [4.78, 5) is 18.0. The summed E-state index contributed by atoms with van der Waals surface area (Å²) in [5.74, 6) is 0. The highest BCUT2D eigenvalue weighted by Gasteiger charge is 2.31. The van der Waals surface area contributed by atoms with Crippen LogP contribution in [0, 0.1) is 6.92 Å². The average Bonchev–Trinajstić information content (AvgIpc) is 2.89. The van der Waals surface area contributed by atoms with Gasteiger partial charge in [0, 0.05) is 44.3 Å². The largest absolute Gasteiger partial charge is 0.378 e. The van der Waals surface area contributed by atoms with E-state index in [1.165, 1.54) is 15.1 Å². The van der Waals surface area contributed by atoms with Crippen LogP contribution in [-0.4, -0.2) is 75.0 Å². The van der Waals surface area contributed by atoms with Crippen LogP contribution in [0.5, 0.6) is 0 Å². The van der Waals surface area contributed by atoms with Gasteiger partial charge in [-0.2, -0.15) is 14.1 Å². The molecule has 190 valence electrons. The lowest BCUT2D eigenvalue weighted by atomic mass is 10.2. The Hall–Kier alpha value is -2.92. The van der Waals surface area contributed by atoms with Crippen molar-refractivity contribution in [3.8, 4) is 5.69 Å². The first-order valence-corrected chi connectivity index (χ1v) is 13.7. The van der Waals surface area contributed by atoms with Crippen LogP contribution in [0.25, 0.3) is 5.69 Å². The number of morpholine rings is 1. The maximum Gasteiger partial charge on any atom is 0.297 e. The molecule has 0 atom stereocenters. The fourth-order valence-electron chi connectivity index (χ4n) is 4.67. The number of para-hydroxylation sites is 1. The molecule has 2 fully saturated rings. The summed E-state index contributed by atoms with van der Waals surface area (Å²) < 4.78 is 34.9. The molecule has 0 spiro atoms. The topological polar surface area (TPSA) is 88.0 Å². The van der Waals surface area contributed by atoms with Crippen molar-refractivity contribution in [2.75, 3.05) is 62.3 Å². The second-order valence-corrected chi connectivity index (χ2v) is 11.3. The molecule has 11 heteroatoms. The van der Waals surface area contributed by atoms with E-state index in [-0.39, 0.29) is 23.5 Å². The van der Waals surface area contributed by atoms with E-state index in [0.29, 0.717) is 61.5 Å². The first-order chi connectivity index (χ1) is 17.3. The third kappa shape index (κ3) is 4.86. The lowest BCUT2D eigenvalue weighted by molar-refractivity contribution is 0.122. The normalized spacial score (nSPS) is 17.4. The number of rotatable bonds is 5. The lowest BCUT2D eigenvalue weighted by Gasteiger charge is -2.38. The van der Waals surface area contributed by atoms with Crippen LogP contribution in [0.2, 0.25) is 5.02 Å². The SMILES string of the molecule is Cc1cc(Cl)cc(S(=O)(=O)N2CCN(c3cnn(-c4ccccc4)c(=O)c3N3CCOCC3)CC2)c1. The predicted octanol–water partition coefficient (Wildman–Crippen LogP) is 2.54. The van der Waals surface area contributed by atoms with Gasteiger partial charge in [-0.05, 0) is 42.8 Å². The Morgan fingerprint density at radius 2 is 1.61 bits per heavy atom. The number of aryl methyl sites for hydroxylation is 1. The molecule has 2 aromatic carbocycles. The molecule has 2 aliphatic rings. The molecule has 3 heterocycles. The first kappa shape index (κ1) is 24.8. The molecule has 0 amide bonds. The standard InChI is InChI=1S/C25H28ClN5O4S/c1-19-15-20(26)17-22(16-19)36(33,34)30-9-7-28(8-10-30)23-18-27-31(21-5-3-2-4-6-21)25(32)24(23)29-11-13-35-14-12-29/h2-6,15-18H,7-14H2,1H3. The summed E-state index contributed by atoms with van der Waals surface area (Å²) >= 11 is 6.12. The summed E-state index contributed by atoms with van der Waals surface area (Å²) in [5, 5.41) is 4.87. The highest BCUT2D eigenvalue weighted by Crippen LogP contribution is 2.29. The van der Waals surface area contributed by atoms with Crippen LogP contribution >= 0.6 is 11.6 Å². The van der Waals surface area contributed by atoms with Crippen LogP contribution in [0.1, 0.15) is 5.56 Å². The quantitative estimate of drug-likeness (QED) is 0.502. The minimum absolute atomic E-state index is 0.196. The lowest BCUT2D eigenvalue weighted by Crippen LogP contribution is -2.50. The minimum Gasteiger partial charge on any atom is -0.378 e. The van der Waals surface area contributed by atoms with Gasteiger partial charge in [0.25, 0.3) is 5.56 Å². The van der Waals surface area contributed by atoms with Gasteiger partial charge in [0.05, 0.1) is 35.7 Å². The Morgan fingerprint density at radius 3 is 2.28 bits per heavy atom. The van der Waals surface area contributed by atoms with Crippen molar-refractivity contribution in [2.45, 2.75) is 11.8 Å². The summed E-state index contributed by atoms with van der Waals surface area (Å²) in [5.41, 5.74) is 2.56. The van der Waals surface area contributed by atoms with E-state index < -0.39 is 10.0 Å². The average molecular weight is 530 g/mol. The molecule has 0 unspecified atom stereocenters. The monoisotopic (exact) mass is 529 g/mol. The zero-order valence-corrected chi connectivity index (χ0v) is 21.6. The second-order valence-electron chi connectivity index (χ2n) is 8.89. The Labute approximate surface area is 215 Å². The van der Waals surface area contributed by atoms with E-state index in [0.717, 1.165) is 5.56 Å². The van der Waals surface area contributed by atoms with Crippen molar-refractivity contribution >= 4 is 33.0 Å². The molecule has 5 rings (SSSR count). The van der Waals surface area contributed by atoms with E-state index in [9.17, 15) is 13.2 Å². The fourth-order valence-corrected chi connectivity index (χ4v) is 6.58. The van der Waals surface area contributed by atoms with Crippen LogP contribution in [-0.2, 0) is 14.8 Å². The number of nitrogens with zero attached hydrogens (tertiary/aromatic N) is 5. The Bertz CT molecular complexity index is 1380. The Balaban J connectivity index is 1.44. The fraction of sp³-hybridized carbons (Fsp3) is 0.360. The highest BCUT2D eigenvalue weighted by atomic mass is 35.5. The molecular formula is C25H28ClN5O4S. The second kappa shape index (κ2) is 10.2. The molecule has 2 aliphatic heterocycles. The van der Waals surface area contributed by atoms with Gasteiger partial charge >= 0.3 is 0 Å². The Morgan fingerprint density at radius 1 is 0.917 bits per heavy atom. The molecule has 0 N–H and O–H groups in total. The van der Waals surface area contributed by atoms with E-state index in [4.69, 9.17) is 16.3 Å². The number of ether oxygens (including phenoxy) is 1. The van der Waals surface area contributed by atoms with Gasteiger partial charge in [-0.3, -0.25) is 4.79 Å². The smallest absolute Gasteiger partial charge is 0.297 e. The van der Waals surface area contributed by atoms with Gasteiger partial charge in [-0.15, -0.1) is 0 Å². The third-order valence-corrected chi connectivity index (χ3v) is 8.59. The zero-order chi connectivity index (χ0) is 25.3. The zero-order valence-electron chi connectivity index (χ0n) is 20.0. The Kier molecular flexibility index (Phi) is 7.03. The first-order valence-electron chi connectivity index (χ1n) is 11.9. The van der Waals surface area contributed by atoms with Crippen molar-refractivity contribution in [2.24, 2.45) is 0 Å². The van der Waals surface area contributed by atoms with Crippen LogP contribution in [0.15, 0.2) is 64.4 Å². The van der Waals surface area contributed by atoms with Crippen LogP contribution in [0.3, 0.4) is 0 Å². The molecule has 0 saturated carbocycles. The minimum atomic E-state index is -3.68. The maximum atomic E-state index is 13.7. The number of hydrogen-bond donors (Lipinski definition) is 0. The summed E-state index contributed by atoms with van der Waals surface area (Å²) in [6, 6.07) is 14.2. The van der Waals surface area contributed by atoms with Crippen molar-refractivity contribution < 1.29 is 13.2 Å². The van der Waals surface area contributed by atoms with Crippen molar-refractivity contribution in [3.05, 3.63) is 75.7 Å². The third-order valence-electron chi connectivity index (χ3n) is 6.49. The number of aromatic nitrogens is 2. The van der Waals surface area contributed by atoms with E-state index >= 15 is 0 Å². The van der Waals surface area contributed by atoms with E-state index in [1.54, 1.807) is 18.3 Å². The molecule has 2 saturated heterocycles. The van der Waals surface area contributed by atoms with Gasteiger partial charge in [0.15, 0.2) is 0 Å². The number of piperazine rings is 1. The van der Waals surface area contributed by atoms with Gasteiger partial charge in [0.1, 0.15) is 5.69 Å². The maximum absolute atomic E-state index is 13.7. The molecule has 3 aromatic rings. The van der Waals surface area contributed by atoms with Crippen molar-refractivity contribution in [3.63, 3.8) is 0 Å². The molecule has 0 radical (unpaired) electrons. The molecular weight excluding hydrogens is 502 g/mol. The number of hydrogen-bond acceptors (Lipinski definition) is 7. The summed E-state index contributed by atoms with van der Waals surface area (Å²) in [7, 11) is -3.68. The van der Waals surface area contributed by atoms with Crippen LogP contribution < -0.4 is 15.4 Å². The van der Waals surface area contributed by atoms with Gasteiger partial charge in [0.2, 0.25) is 10.0 Å². The highest BCUT2D eigenvalue weighted by molar-refractivity contribution is 7.89. The van der Waals surface area contributed by atoms with E-state index in [1.807, 2.05) is 47.1 Å². The molecule has 0 aliphatic carbocycles. The number of halogens is 1. The number of benzene rings is 2. The molecule has 0 bridgehead atoms. The van der Waals surface area contributed by atoms with Crippen molar-refractivity contribution in [1.82, 2.24) is 14.1 Å². The molecule has 1 aromatic heterocycles. The van der Waals surface area contributed by atoms with Crippen molar-refractivity contribution in [1.29, 1.82) is 0 Å². The molecule has 36 heavy (non-hydrogen) atoms. The number of sulfonamides is 1. The number of anilines is 2. The molecule has 9 nitrogen and oxygen atoms in total. The van der Waals surface area contributed by atoms with Gasteiger partial charge < -0.3 is 14.5 Å². The summed E-state index contributed by atoms with van der Waals surface area (Å²) in [6.07, 6.45) is 1.71. The van der Waals surface area contributed by atoms with Gasteiger partial charge in [-0.1, -0.05) is 29.8 Å². The van der Waals surface area contributed by atoms with Crippen LogP contribution in [0.4, 0.5) is 11.4 Å². The summed E-state index contributed by atoms with van der Waals surface area (Å²) in [6.45, 7) is 5.55. The van der Waals surface area contributed by atoms with E-state index in [2.05, 4.69) is 5.10 Å².